The molecule has 1 heteroatoms. The highest BCUT2D eigenvalue weighted by Crippen LogP contribution is 2.13. The molecule has 0 atom stereocenters. The molecule has 0 aromatic rings. The second-order valence-electron chi connectivity index (χ2n) is 3.72. The highest BCUT2D eigenvalue weighted by molar-refractivity contribution is 5.23. The molecule has 0 saturated carbocycles. The van der Waals surface area contributed by atoms with E-state index in [-0.39, 0.29) is 0 Å². The van der Waals surface area contributed by atoms with Gasteiger partial charge in [0.2, 0.25) is 0 Å². The summed E-state index contributed by atoms with van der Waals surface area (Å²) < 4.78 is 0. The summed E-state index contributed by atoms with van der Waals surface area (Å²) in [6.45, 7) is 13.9. The second kappa shape index (κ2) is 6.25. The van der Waals surface area contributed by atoms with Crippen LogP contribution in [-0.4, -0.2) is 11.9 Å². The van der Waals surface area contributed by atoms with E-state index in [1.807, 2.05) is 24.9 Å². The summed E-state index contributed by atoms with van der Waals surface area (Å²) >= 11 is 0. The summed E-state index contributed by atoms with van der Waals surface area (Å²) in [5.74, 6) is 0.507. The highest BCUT2D eigenvalue weighted by atomic mass is 15.1. The molecule has 0 saturated heterocycles. The summed E-state index contributed by atoms with van der Waals surface area (Å²) in [7, 11) is 2.01. The van der Waals surface area contributed by atoms with Crippen LogP contribution >= 0.6 is 0 Å². The molecule has 0 aromatic heterocycles. The molecule has 0 aliphatic rings. The van der Waals surface area contributed by atoms with Crippen LogP contribution in [0.5, 0.6) is 0 Å². The van der Waals surface area contributed by atoms with Gasteiger partial charge in [0, 0.05) is 18.9 Å². The number of nitrogens with zero attached hydrogens (tertiary/aromatic N) is 1. The van der Waals surface area contributed by atoms with Crippen molar-refractivity contribution in [2.75, 3.05) is 7.05 Å². The Morgan fingerprint density at radius 3 is 2.29 bits per heavy atom. The lowest BCUT2D eigenvalue weighted by molar-refractivity contribution is 0.559. The quantitative estimate of drug-likeness (QED) is 0.598. The number of rotatable bonds is 5. The van der Waals surface area contributed by atoms with Crippen LogP contribution in [0.4, 0.5) is 0 Å². The molecule has 0 heterocycles. The molecular weight excluding hydrogens is 170 g/mol. The predicted molar refractivity (Wildman–Crippen MR) is 64.8 cm³/mol. The van der Waals surface area contributed by atoms with Crippen molar-refractivity contribution in [2.45, 2.75) is 20.8 Å². The lowest BCUT2D eigenvalue weighted by Gasteiger charge is -2.16. The molecule has 0 unspecified atom stereocenters. The Bertz CT molecular complexity index is 256. The Labute approximate surface area is 88.1 Å². The molecule has 0 fully saturated rings. The van der Waals surface area contributed by atoms with Crippen molar-refractivity contribution in [1.82, 2.24) is 4.90 Å². The van der Waals surface area contributed by atoms with Crippen molar-refractivity contribution in [3.63, 3.8) is 0 Å². The van der Waals surface area contributed by atoms with Gasteiger partial charge >= 0.3 is 0 Å². The highest BCUT2D eigenvalue weighted by Gasteiger charge is 2.00. The van der Waals surface area contributed by atoms with Crippen molar-refractivity contribution in [1.29, 1.82) is 0 Å². The van der Waals surface area contributed by atoms with E-state index < -0.39 is 0 Å². The zero-order valence-electron chi connectivity index (χ0n) is 9.75. The summed E-state index contributed by atoms with van der Waals surface area (Å²) in [6.07, 6.45) is 7.93. The van der Waals surface area contributed by atoms with Gasteiger partial charge in [-0.05, 0) is 18.4 Å². The number of allylic oxidation sites excluding steroid dienone is 5. The SMILES string of the molecule is C=C/C=C/C(=C\N(C)C(=C)C)C(C)C. The Balaban J connectivity index is 4.72. The third kappa shape index (κ3) is 4.70. The molecule has 0 spiro atoms. The summed E-state index contributed by atoms with van der Waals surface area (Å²) in [5.41, 5.74) is 2.31. The van der Waals surface area contributed by atoms with Crippen molar-refractivity contribution in [3.05, 3.63) is 48.9 Å². The van der Waals surface area contributed by atoms with Gasteiger partial charge in [-0.25, -0.2) is 0 Å². The van der Waals surface area contributed by atoms with Crippen LogP contribution in [0.2, 0.25) is 0 Å². The van der Waals surface area contributed by atoms with Crippen molar-refractivity contribution in [2.24, 2.45) is 5.92 Å². The van der Waals surface area contributed by atoms with E-state index in [9.17, 15) is 0 Å². The van der Waals surface area contributed by atoms with E-state index in [1.165, 1.54) is 5.57 Å². The van der Waals surface area contributed by atoms with E-state index in [0.29, 0.717) is 5.92 Å². The van der Waals surface area contributed by atoms with Gasteiger partial charge in [0.25, 0.3) is 0 Å². The van der Waals surface area contributed by atoms with Crippen LogP contribution in [0.25, 0.3) is 0 Å². The van der Waals surface area contributed by atoms with Crippen molar-refractivity contribution in [3.8, 4) is 0 Å². The third-order valence-corrected chi connectivity index (χ3v) is 2.04. The fourth-order valence-electron chi connectivity index (χ4n) is 0.898. The first kappa shape index (κ1) is 12.8. The maximum Gasteiger partial charge on any atom is 0.0109 e. The van der Waals surface area contributed by atoms with Gasteiger partial charge in [0.05, 0.1) is 0 Å². The molecule has 0 rings (SSSR count). The van der Waals surface area contributed by atoms with Gasteiger partial charge in [-0.3, -0.25) is 0 Å². The smallest absolute Gasteiger partial charge is 0.0109 e. The van der Waals surface area contributed by atoms with Crippen LogP contribution in [-0.2, 0) is 0 Å². The van der Waals surface area contributed by atoms with Gasteiger partial charge in [0.1, 0.15) is 0 Å². The van der Waals surface area contributed by atoms with Gasteiger partial charge in [-0.2, -0.15) is 0 Å². The van der Waals surface area contributed by atoms with Crippen molar-refractivity contribution < 1.29 is 0 Å². The molecule has 0 aliphatic heterocycles. The average Bonchev–Trinajstić information content (AvgIpc) is 2.10. The fraction of sp³-hybridized carbons (Fsp3) is 0.385. The topological polar surface area (TPSA) is 3.24 Å². The van der Waals surface area contributed by atoms with E-state index in [2.05, 4.69) is 39.3 Å². The van der Waals surface area contributed by atoms with E-state index in [0.717, 1.165) is 5.70 Å². The first-order valence-corrected chi connectivity index (χ1v) is 4.88. The third-order valence-electron chi connectivity index (χ3n) is 2.04. The molecular formula is C13H21N. The van der Waals surface area contributed by atoms with Crippen LogP contribution in [0, 0.1) is 5.92 Å². The molecule has 1 nitrogen and oxygen atoms in total. The predicted octanol–water partition coefficient (Wildman–Crippen LogP) is 3.73. The first-order chi connectivity index (χ1) is 6.49. The molecule has 14 heavy (non-hydrogen) atoms. The Hall–Kier alpha value is -1.24. The lowest BCUT2D eigenvalue weighted by Crippen LogP contribution is -2.08. The lowest BCUT2D eigenvalue weighted by atomic mass is 10.0. The van der Waals surface area contributed by atoms with Crippen LogP contribution < -0.4 is 0 Å². The Morgan fingerprint density at radius 1 is 1.36 bits per heavy atom. The molecule has 0 N–H and O–H groups in total. The summed E-state index contributed by atoms with van der Waals surface area (Å²) in [4.78, 5) is 2.03. The maximum absolute atomic E-state index is 3.88. The van der Waals surface area contributed by atoms with Gasteiger partial charge in [0.15, 0.2) is 0 Å². The van der Waals surface area contributed by atoms with Crippen LogP contribution in [0.3, 0.4) is 0 Å². The summed E-state index contributed by atoms with van der Waals surface area (Å²) in [5, 5.41) is 0. The normalized spacial score (nSPS) is 12.2. The standard InChI is InChI=1S/C13H21N/c1-7-8-9-13(11(2)3)10-14(6)12(4)5/h7-11H,1,4H2,2-3,5-6H3/b9-8+,13-10+. The van der Waals surface area contributed by atoms with Crippen LogP contribution in [0.15, 0.2) is 48.9 Å². The molecule has 0 bridgehead atoms. The molecule has 0 amide bonds. The van der Waals surface area contributed by atoms with Gasteiger partial charge in [-0.1, -0.05) is 45.2 Å². The Morgan fingerprint density at radius 2 is 1.93 bits per heavy atom. The maximum atomic E-state index is 3.88. The molecule has 0 aromatic carbocycles. The minimum atomic E-state index is 0.507. The van der Waals surface area contributed by atoms with E-state index in [1.54, 1.807) is 6.08 Å². The minimum Gasteiger partial charge on any atom is -0.355 e. The molecule has 0 aliphatic carbocycles. The summed E-state index contributed by atoms with van der Waals surface area (Å²) in [6, 6.07) is 0. The monoisotopic (exact) mass is 191 g/mol. The average molecular weight is 191 g/mol. The van der Waals surface area contributed by atoms with Gasteiger partial charge < -0.3 is 4.90 Å². The second-order valence-corrected chi connectivity index (χ2v) is 3.72. The van der Waals surface area contributed by atoms with E-state index >= 15 is 0 Å². The van der Waals surface area contributed by atoms with Crippen LogP contribution in [0.1, 0.15) is 20.8 Å². The molecule has 0 radical (unpaired) electrons. The zero-order chi connectivity index (χ0) is 11.1. The van der Waals surface area contributed by atoms with E-state index in [4.69, 9.17) is 0 Å². The number of hydrogen-bond donors (Lipinski definition) is 0. The van der Waals surface area contributed by atoms with Crippen molar-refractivity contribution >= 4 is 0 Å². The zero-order valence-corrected chi connectivity index (χ0v) is 9.75. The van der Waals surface area contributed by atoms with Gasteiger partial charge in [-0.15, -0.1) is 0 Å². The molecule has 78 valence electrons. The Kier molecular flexibility index (Phi) is 5.70. The number of hydrogen-bond acceptors (Lipinski definition) is 1. The first-order valence-electron chi connectivity index (χ1n) is 4.88. The largest absolute Gasteiger partial charge is 0.355 e. The minimum absolute atomic E-state index is 0.507. The fourth-order valence-corrected chi connectivity index (χ4v) is 0.898.